The number of carbonyl (C=O) groups is 2. The summed E-state index contributed by atoms with van der Waals surface area (Å²) in [5, 5.41) is 5.25. The van der Waals surface area contributed by atoms with E-state index in [0.29, 0.717) is 23.6 Å². The number of hydrogen-bond acceptors (Lipinski definition) is 6. The fraction of sp³-hybridized carbons (Fsp3) is 0.280. The SMILES string of the molecule is CCOC(=O)c1c(-c2ccc(C)cc2)csc1NC(=O)CCCOc1ccc(OC)cc1. The van der Waals surface area contributed by atoms with Crippen LogP contribution in [0.25, 0.3) is 11.1 Å². The van der Waals surface area contributed by atoms with E-state index in [4.69, 9.17) is 14.2 Å². The molecule has 7 heteroatoms. The minimum Gasteiger partial charge on any atom is -0.497 e. The number of ether oxygens (including phenoxy) is 3. The van der Waals surface area contributed by atoms with E-state index in [1.54, 1.807) is 14.0 Å². The van der Waals surface area contributed by atoms with Crippen LogP contribution in [0.4, 0.5) is 5.00 Å². The summed E-state index contributed by atoms with van der Waals surface area (Å²) in [7, 11) is 1.61. The molecular weight excluding hydrogens is 426 g/mol. The molecule has 1 amide bonds. The molecule has 0 bridgehead atoms. The minimum atomic E-state index is -0.442. The van der Waals surface area contributed by atoms with Crippen LogP contribution in [0.2, 0.25) is 0 Å². The smallest absolute Gasteiger partial charge is 0.341 e. The fourth-order valence-corrected chi connectivity index (χ4v) is 4.06. The number of benzene rings is 2. The predicted molar refractivity (Wildman–Crippen MR) is 127 cm³/mol. The summed E-state index contributed by atoms with van der Waals surface area (Å²) < 4.78 is 16.0. The van der Waals surface area contributed by atoms with Gasteiger partial charge in [0.2, 0.25) is 5.91 Å². The van der Waals surface area contributed by atoms with E-state index in [1.807, 2.05) is 60.8 Å². The Morgan fingerprint density at radius 2 is 1.69 bits per heavy atom. The molecule has 1 aromatic heterocycles. The van der Waals surface area contributed by atoms with Crippen molar-refractivity contribution in [1.82, 2.24) is 0 Å². The van der Waals surface area contributed by atoms with Gasteiger partial charge < -0.3 is 19.5 Å². The lowest BCUT2D eigenvalue weighted by atomic mass is 10.0. The molecule has 1 N–H and O–H groups in total. The maximum Gasteiger partial charge on any atom is 0.341 e. The molecule has 0 saturated heterocycles. The zero-order valence-electron chi connectivity index (χ0n) is 18.5. The molecule has 2 aromatic carbocycles. The van der Waals surface area contributed by atoms with E-state index in [9.17, 15) is 9.59 Å². The highest BCUT2D eigenvalue weighted by atomic mass is 32.1. The molecule has 0 aliphatic rings. The monoisotopic (exact) mass is 453 g/mol. The van der Waals surface area contributed by atoms with Crippen molar-refractivity contribution in [3.05, 3.63) is 65.0 Å². The Labute approximate surface area is 192 Å². The molecule has 32 heavy (non-hydrogen) atoms. The molecule has 3 rings (SSSR count). The van der Waals surface area contributed by atoms with Gasteiger partial charge in [0.05, 0.1) is 20.3 Å². The summed E-state index contributed by atoms with van der Waals surface area (Å²) in [6, 6.07) is 15.2. The van der Waals surface area contributed by atoms with Crippen LogP contribution in [-0.4, -0.2) is 32.2 Å². The molecule has 0 aliphatic heterocycles. The van der Waals surface area contributed by atoms with Gasteiger partial charge in [-0.3, -0.25) is 4.79 Å². The lowest BCUT2D eigenvalue weighted by Gasteiger charge is -2.10. The average molecular weight is 454 g/mol. The molecule has 1 heterocycles. The van der Waals surface area contributed by atoms with Crippen LogP contribution in [0.15, 0.2) is 53.9 Å². The topological polar surface area (TPSA) is 73.9 Å². The molecular formula is C25H27NO5S. The van der Waals surface area contributed by atoms with Crippen molar-refractivity contribution in [3.63, 3.8) is 0 Å². The Balaban J connectivity index is 1.61. The van der Waals surface area contributed by atoms with Crippen molar-refractivity contribution in [2.75, 3.05) is 25.6 Å². The Bertz CT molecular complexity index is 1040. The number of rotatable bonds is 10. The van der Waals surface area contributed by atoms with Gasteiger partial charge >= 0.3 is 5.97 Å². The summed E-state index contributed by atoms with van der Waals surface area (Å²) in [5.41, 5.74) is 3.19. The van der Waals surface area contributed by atoms with Gasteiger partial charge in [0.25, 0.3) is 0 Å². The second-order valence-corrected chi connectivity index (χ2v) is 8.00. The molecule has 0 atom stereocenters. The first kappa shape index (κ1) is 23.3. The zero-order chi connectivity index (χ0) is 22.9. The van der Waals surface area contributed by atoms with Crippen LogP contribution in [0.3, 0.4) is 0 Å². The molecule has 0 fully saturated rings. The molecule has 0 saturated carbocycles. The van der Waals surface area contributed by atoms with Gasteiger partial charge in [0.1, 0.15) is 22.1 Å². The standard InChI is InChI=1S/C25H27NO5S/c1-4-30-25(28)23-21(18-9-7-17(2)8-10-18)16-32-24(23)26-22(27)6-5-15-31-20-13-11-19(29-3)12-14-20/h7-14,16H,4-6,15H2,1-3H3,(H,26,27). The number of amides is 1. The van der Waals surface area contributed by atoms with E-state index in [-0.39, 0.29) is 18.9 Å². The number of thiophene rings is 1. The van der Waals surface area contributed by atoms with Crippen molar-refractivity contribution in [1.29, 1.82) is 0 Å². The van der Waals surface area contributed by atoms with Crippen LogP contribution >= 0.6 is 11.3 Å². The Morgan fingerprint density at radius 3 is 2.34 bits per heavy atom. The number of methoxy groups -OCH3 is 1. The predicted octanol–water partition coefficient (Wildman–Crippen LogP) is 5.71. The first-order valence-electron chi connectivity index (χ1n) is 10.4. The largest absolute Gasteiger partial charge is 0.497 e. The number of hydrogen-bond donors (Lipinski definition) is 1. The third kappa shape index (κ3) is 6.11. The van der Waals surface area contributed by atoms with Gasteiger partial charge in [-0.05, 0) is 50.1 Å². The molecule has 6 nitrogen and oxygen atoms in total. The van der Waals surface area contributed by atoms with Crippen molar-refractivity contribution in [2.45, 2.75) is 26.7 Å². The van der Waals surface area contributed by atoms with Crippen LogP contribution in [0.1, 0.15) is 35.7 Å². The van der Waals surface area contributed by atoms with Gasteiger partial charge in [-0.15, -0.1) is 11.3 Å². The van der Waals surface area contributed by atoms with Crippen molar-refractivity contribution in [3.8, 4) is 22.6 Å². The number of carbonyl (C=O) groups excluding carboxylic acids is 2. The highest BCUT2D eigenvalue weighted by Crippen LogP contribution is 2.36. The normalized spacial score (nSPS) is 10.5. The van der Waals surface area contributed by atoms with Crippen LogP contribution < -0.4 is 14.8 Å². The molecule has 168 valence electrons. The van der Waals surface area contributed by atoms with Gasteiger partial charge in [-0.1, -0.05) is 29.8 Å². The first-order chi connectivity index (χ1) is 15.5. The number of aryl methyl sites for hydroxylation is 1. The Kier molecular flexibility index (Phi) is 8.27. The van der Waals surface area contributed by atoms with Gasteiger partial charge in [-0.2, -0.15) is 0 Å². The highest BCUT2D eigenvalue weighted by Gasteiger charge is 2.22. The van der Waals surface area contributed by atoms with E-state index >= 15 is 0 Å². The Morgan fingerprint density at radius 1 is 1.00 bits per heavy atom. The maximum atomic E-state index is 12.6. The molecule has 0 aliphatic carbocycles. The van der Waals surface area contributed by atoms with E-state index in [1.165, 1.54) is 11.3 Å². The number of nitrogens with one attached hydrogen (secondary N) is 1. The number of esters is 1. The van der Waals surface area contributed by atoms with Crippen molar-refractivity contribution in [2.24, 2.45) is 0 Å². The highest BCUT2D eigenvalue weighted by molar-refractivity contribution is 7.15. The van der Waals surface area contributed by atoms with Gasteiger partial charge in [0, 0.05) is 17.4 Å². The minimum absolute atomic E-state index is 0.175. The molecule has 0 unspecified atom stereocenters. The quantitative estimate of drug-likeness (QED) is 0.315. The van der Waals surface area contributed by atoms with Crippen molar-refractivity contribution < 1.29 is 23.8 Å². The third-order valence-corrected chi connectivity index (χ3v) is 5.66. The lowest BCUT2D eigenvalue weighted by molar-refractivity contribution is -0.116. The zero-order valence-corrected chi connectivity index (χ0v) is 19.3. The van der Waals surface area contributed by atoms with Gasteiger partial charge in [-0.25, -0.2) is 4.79 Å². The van der Waals surface area contributed by atoms with Crippen LogP contribution in [0.5, 0.6) is 11.5 Å². The molecule has 0 radical (unpaired) electrons. The second kappa shape index (κ2) is 11.3. The van der Waals surface area contributed by atoms with E-state index < -0.39 is 5.97 Å². The fourth-order valence-electron chi connectivity index (χ4n) is 3.09. The van der Waals surface area contributed by atoms with E-state index in [0.717, 1.165) is 28.2 Å². The molecule has 0 spiro atoms. The van der Waals surface area contributed by atoms with Crippen LogP contribution in [-0.2, 0) is 9.53 Å². The summed E-state index contributed by atoms with van der Waals surface area (Å²) in [6.07, 6.45) is 0.818. The van der Waals surface area contributed by atoms with E-state index in [2.05, 4.69) is 5.32 Å². The van der Waals surface area contributed by atoms with Gasteiger partial charge in [0.15, 0.2) is 0 Å². The first-order valence-corrected chi connectivity index (χ1v) is 11.3. The number of anilines is 1. The van der Waals surface area contributed by atoms with Crippen LogP contribution in [0, 0.1) is 6.92 Å². The third-order valence-electron chi connectivity index (χ3n) is 4.76. The Hall–Kier alpha value is -3.32. The summed E-state index contributed by atoms with van der Waals surface area (Å²) >= 11 is 1.32. The second-order valence-electron chi connectivity index (χ2n) is 7.12. The van der Waals surface area contributed by atoms with Crippen molar-refractivity contribution >= 4 is 28.2 Å². The lowest BCUT2D eigenvalue weighted by Crippen LogP contribution is -2.15. The summed E-state index contributed by atoms with van der Waals surface area (Å²) in [4.78, 5) is 25.1. The molecule has 3 aromatic rings. The maximum absolute atomic E-state index is 12.6. The average Bonchev–Trinajstić information content (AvgIpc) is 3.21. The summed E-state index contributed by atoms with van der Waals surface area (Å²) in [5.74, 6) is 0.862. The summed E-state index contributed by atoms with van der Waals surface area (Å²) in [6.45, 7) is 4.44.